The second-order valence-corrected chi connectivity index (χ2v) is 13.6. The fourth-order valence-corrected chi connectivity index (χ4v) is 7.21. The van der Waals surface area contributed by atoms with E-state index in [-0.39, 0.29) is 49.3 Å². The minimum atomic E-state index is -1.35. The molecule has 3 aromatic rings. The number of esters is 1. The number of piperazine rings is 1. The average Bonchev–Trinajstić information content (AvgIpc) is 3.97. The topological polar surface area (TPSA) is 88.2 Å². The van der Waals surface area contributed by atoms with Crippen molar-refractivity contribution in [2.24, 2.45) is 0 Å². The zero-order valence-corrected chi connectivity index (χ0v) is 29.2. The lowest BCUT2D eigenvalue weighted by Crippen LogP contribution is -2.63. The first-order valence-electron chi connectivity index (χ1n) is 17.4. The van der Waals surface area contributed by atoms with E-state index < -0.39 is 29.2 Å². The molecule has 1 saturated heterocycles. The Hall–Kier alpha value is -4.35. The summed E-state index contributed by atoms with van der Waals surface area (Å²) in [6, 6.07) is 16.3. The number of aryl methyl sites for hydroxylation is 1. The first kappa shape index (κ1) is 36.4. The van der Waals surface area contributed by atoms with Crippen LogP contribution in [0.1, 0.15) is 61.6 Å². The summed E-state index contributed by atoms with van der Waals surface area (Å²) in [4.78, 5) is 44.1. The van der Waals surface area contributed by atoms with Crippen LogP contribution in [0.25, 0.3) is 5.57 Å². The molecule has 2 fully saturated rings. The van der Waals surface area contributed by atoms with Crippen LogP contribution < -0.4 is 10.1 Å². The molecule has 12 heteroatoms. The molecule has 2 amide bonds. The van der Waals surface area contributed by atoms with E-state index in [2.05, 4.69) is 5.32 Å². The summed E-state index contributed by atoms with van der Waals surface area (Å²) in [5.41, 5.74) is 4.16. The Morgan fingerprint density at radius 3 is 2.41 bits per heavy atom. The molecule has 0 spiro atoms. The quantitative estimate of drug-likeness (QED) is 0.114. The lowest BCUT2D eigenvalue weighted by molar-refractivity contribution is -0.141. The van der Waals surface area contributed by atoms with Crippen LogP contribution in [0.2, 0.25) is 5.02 Å². The van der Waals surface area contributed by atoms with Gasteiger partial charge >= 0.3 is 5.97 Å². The van der Waals surface area contributed by atoms with Crippen LogP contribution in [0.5, 0.6) is 5.75 Å². The number of carbonyl (C=O) groups is 3. The predicted molar refractivity (Wildman–Crippen MR) is 186 cm³/mol. The highest BCUT2D eigenvalue weighted by molar-refractivity contribution is 6.31. The normalized spacial score (nSPS) is 18.4. The summed E-state index contributed by atoms with van der Waals surface area (Å²) in [6.45, 7) is 1.33. The standard InChI is InChI=1S/C39H41ClF3N3O5/c1-50-35(48)10-4-9-34(47)46-28-20-29(25-13-11-24(12-14-25)6-5-19-51-38-32(42)18-17-31(41)37(38)43)36(33(46)22-44-21-28)39(49)45(27-15-16-27)23-26-7-2-3-8-30(26)40/h2-3,7-8,11-14,17-18,27-28,33,44H,4-6,9-10,15-16,19-23H2,1H3/t28-,33-/m1/s1. The molecule has 3 aliphatic rings. The minimum Gasteiger partial charge on any atom is -0.488 e. The van der Waals surface area contributed by atoms with Crippen molar-refractivity contribution in [2.75, 3.05) is 26.8 Å². The lowest BCUT2D eigenvalue weighted by atomic mass is 9.81. The van der Waals surface area contributed by atoms with Crippen molar-refractivity contribution in [2.45, 2.75) is 76.0 Å². The number of carbonyl (C=O) groups excluding carboxylic acids is 3. The van der Waals surface area contributed by atoms with Gasteiger partial charge in [-0.2, -0.15) is 4.39 Å². The van der Waals surface area contributed by atoms with Gasteiger partial charge in [0.05, 0.1) is 19.8 Å². The summed E-state index contributed by atoms with van der Waals surface area (Å²) in [7, 11) is 1.32. The van der Waals surface area contributed by atoms with E-state index in [1.54, 1.807) is 0 Å². The molecular formula is C39H41ClF3N3O5. The Bertz CT molecular complexity index is 1800. The highest BCUT2D eigenvalue weighted by atomic mass is 35.5. The van der Waals surface area contributed by atoms with Gasteiger partial charge < -0.3 is 24.6 Å². The van der Waals surface area contributed by atoms with Gasteiger partial charge in [0.15, 0.2) is 17.4 Å². The number of hydrogen-bond donors (Lipinski definition) is 1. The first-order valence-corrected chi connectivity index (χ1v) is 17.8. The van der Waals surface area contributed by atoms with Gasteiger partial charge in [-0.3, -0.25) is 14.4 Å². The average molecular weight is 724 g/mol. The lowest BCUT2D eigenvalue weighted by Gasteiger charge is -2.48. The summed E-state index contributed by atoms with van der Waals surface area (Å²) >= 11 is 6.55. The Labute approximate surface area is 300 Å². The second kappa shape index (κ2) is 16.3. The van der Waals surface area contributed by atoms with Crippen molar-refractivity contribution < 1.29 is 37.0 Å². The molecule has 8 nitrogen and oxygen atoms in total. The number of rotatable bonds is 14. The van der Waals surface area contributed by atoms with Crippen LogP contribution in [0, 0.1) is 17.5 Å². The molecule has 3 aromatic carbocycles. The van der Waals surface area contributed by atoms with Gasteiger partial charge in [0.2, 0.25) is 11.7 Å². The maximum atomic E-state index is 14.8. The fraction of sp³-hybridized carbons (Fsp3) is 0.410. The SMILES string of the molecule is COC(=O)CCCC(=O)N1[C@H]2CNC[C@@H]1C(C(=O)N(Cc1ccccc1Cl)C1CC1)=C(c1ccc(CCCOc3c(F)ccc(F)c3F)cc1)C2. The first-order chi connectivity index (χ1) is 24.7. The van der Waals surface area contributed by atoms with E-state index in [4.69, 9.17) is 21.1 Å². The van der Waals surface area contributed by atoms with E-state index in [0.29, 0.717) is 55.9 Å². The van der Waals surface area contributed by atoms with Crippen molar-refractivity contribution in [1.82, 2.24) is 15.1 Å². The predicted octanol–water partition coefficient (Wildman–Crippen LogP) is 6.63. The van der Waals surface area contributed by atoms with Crippen molar-refractivity contribution in [1.29, 1.82) is 0 Å². The number of benzene rings is 3. The van der Waals surface area contributed by atoms with Crippen molar-refractivity contribution >= 4 is 35.0 Å². The van der Waals surface area contributed by atoms with E-state index in [1.165, 1.54) is 7.11 Å². The minimum absolute atomic E-state index is 0.00880. The smallest absolute Gasteiger partial charge is 0.305 e. The molecule has 2 atom stereocenters. The summed E-state index contributed by atoms with van der Waals surface area (Å²) < 4.78 is 51.5. The Morgan fingerprint density at radius 1 is 0.941 bits per heavy atom. The summed E-state index contributed by atoms with van der Waals surface area (Å²) in [5, 5.41) is 4.03. The van der Waals surface area contributed by atoms with Crippen LogP contribution in [0.3, 0.4) is 0 Å². The summed E-state index contributed by atoms with van der Waals surface area (Å²) in [5.74, 6) is -4.79. The molecule has 0 aromatic heterocycles. The number of methoxy groups -OCH3 is 1. The molecule has 2 bridgehead atoms. The van der Waals surface area contributed by atoms with Gasteiger partial charge in [-0.15, -0.1) is 0 Å². The number of hydrogen-bond acceptors (Lipinski definition) is 6. The third-order valence-electron chi connectivity index (χ3n) is 9.77. The van der Waals surface area contributed by atoms with E-state index in [9.17, 15) is 27.6 Å². The Kier molecular flexibility index (Phi) is 11.7. The molecule has 0 radical (unpaired) electrons. The largest absolute Gasteiger partial charge is 0.488 e. The molecular weight excluding hydrogens is 683 g/mol. The fourth-order valence-electron chi connectivity index (χ4n) is 7.02. The number of nitrogens with zero attached hydrogens (tertiary/aromatic N) is 2. The van der Waals surface area contributed by atoms with Crippen LogP contribution in [-0.4, -0.2) is 72.5 Å². The molecule has 1 N–H and O–H groups in total. The van der Waals surface area contributed by atoms with Gasteiger partial charge in [0.1, 0.15) is 0 Å². The Balaban J connectivity index is 1.26. The van der Waals surface area contributed by atoms with Crippen LogP contribution in [0.4, 0.5) is 13.2 Å². The van der Waals surface area contributed by atoms with Crippen molar-refractivity contribution in [3.05, 3.63) is 105 Å². The van der Waals surface area contributed by atoms with Crippen molar-refractivity contribution in [3.63, 3.8) is 0 Å². The van der Waals surface area contributed by atoms with Gasteiger partial charge in [0, 0.05) is 55.2 Å². The number of nitrogens with one attached hydrogen (secondary N) is 1. The van der Waals surface area contributed by atoms with Crippen LogP contribution in [-0.2, 0) is 32.1 Å². The van der Waals surface area contributed by atoms with E-state index in [1.807, 2.05) is 58.3 Å². The zero-order chi connectivity index (χ0) is 36.1. The molecule has 2 heterocycles. The maximum absolute atomic E-state index is 14.8. The van der Waals surface area contributed by atoms with Crippen LogP contribution in [0.15, 0.2) is 66.2 Å². The molecule has 6 rings (SSSR count). The zero-order valence-electron chi connectivity index (χ0n) is 28.4. The Morgan fingerprint density at radius 2 is 1.69 bits per heavy atom. The molecule has 1 saturated carbocycles. The maximum Gasteiger partial charge on any atom is 0.305 e. The van der Waals surface area contributed by atoms with E-state index >= 15 is 0 Å². The number of amides is 2. The number of halogens is 4. The number of ether oxygens (including phenoxy) is 2. The van der Waals surface area contributed by atoms with Gasteiger partial charge in [-0.25, -0.2) is 8.78 Å². The molecule has 2 aliphatic heterocycles. The van der Waals surface area contributed by atoms with Crippen LogP contribution >= 0.6 is 11.6 Å². The van der Waals surface area contributed by atoms with E-state index in [0.717, 1.165) is 47.2 Å². The molecule has 270 valence electrons. The number of fused-ring (bicyclic) bond motifs is 2. The highest BCUT2D eigenvalue weighted by Gasteiger charge is 2.46. The monoisotopic (exact) mass is 723 g/mol. The third kappa shape index (κ3) is 8.42. The molecule has 0 unspecified atom stereocenters. The third-order valence-corrected chi connectivity index (χ3v) is 10.1. The van der Waals surface area contributed by atoms with Gasteiger partial charge in [-0.05, 0) is 79.0 Å². The highest BCUT2D eigenvalue weighted by Crippen LogP contribution is 2.40. The van der Waals surface area contributed by atoms with Crippen molar-refractivity contribution in [3.8, 4) is 5.75 Å². The van der Waals surface area contributed by atoms with Gasteiger partial charge in [0.25, 0.3) is 5.91 Å². The molecule has 51 heavy (non-hydrogen) atoms. The second-order valence-electron chi connectivity index (χ2n) is 13.2. The molecule has 1 aliphatic carbocycles. The summed E-state index contributed by atoms with van der Waals surface area (Å²) in [6.07, 6.45) is 3.88. The van der Waals surface area contributed by atoms with Gasteiger partial charge in [-0.1, -0.05) is 54.1 Å².